The van der Waals surface area contributed by atoms with Crippen molar-refractivity contribution in [3.63, 3.8) is 0 Å². The van der Waals surface area contributed by atoms with Crippen LogP contribution < -0.4 is 14.2 Å². The minimum atomic E-state index is -0.682. The van der Waals surface area contributed by atoms with Crippen molar-refractivity contribution in [2.24, 2.45) is 0 Å². The zero-order valence-corrected chi connectivity index (χ0v) is 21.1. The highest BCUT2D eigenvalue weighted by Crippen LogP contribution is 2.35. The van der Waals surface area contributed by atoms with Crippen LogP contribution in [0.3, 0.4) is 0 Å². The molecular formula is C29H36N2O5. The maximum atomic E-state index is 13.9. The van der Waals surface area contributed by atoms with Gasteiger partial charge in [0.15, 0.2) is 17.6 Å². The molecule has 2 amide bonds. The number of carbonyl (C=O) groups excluding carboxylic acids is 2. The van der Waals surface area contributed by atoms with E-state index in [1.54, 1.807) is 4.90 Å². The van der Waals surface area contributed by atoms with E-state index in [1.165, 1.54) is 6.42 Å². The summed E-state index contributed by atoms with van der Waals surface area (Å²) in [4.78, 5) is 31.0. The summed E-state index contributed by atoms with van der Waals surface area (Å²) in [6, 6.07) is 14.6. The van der Waals surface area contributed by atoms with Crippen molar-refractivity contribution in [2.45, 2.75) is 70.1 Å². The molecule has 0 radical (unpaired) electrons. The first-order valence-corrected chi connectivity index (χ1v) is 13.3. The second-order valence-electron chi connectivity index (χ2n) is 9.98. The predicted molar refractivity (Wildman–Crippen MR) is 136 cm³/mol. The smallest absolute Gasteiger partial charge is 0.250 e. The van der Waals surface area contributed by atoms with E-state index in [4.69, 9.17) is 14.2 Å². The molecule has 2 aromatic rings. The highest BCUT2D eigenvalue weighted by atomic mass is 16.6. The number of nitrogens with zero attached hydrogens (tertiary/aromatic N) is 2. The lowest BCUT2D eigenvalue weighted by molar-refractivity contribution is -0.160. The molecule has 5 rings (SSSR count). The first kappa shape index (κ1) is 24.5. The summed E-state index contributed by atoms with van der Waals surface area (Å²) < 4.78 is 17.9. The number of unbranched alkanes of at least 4 members (excludes halogenated alkanes) is 1. The van der Waals surface area contributed by atoms with Crippen molar-refractivity contribution in [1.29, 1.82) is 0 Å². The number of ether oxygens (including phenoxy) is 3. The van der Waals surface area contributed by atoms with Gasteiger partial charge in [0.1, 0.15) is 24.9 Å². The number of amides is 2. The number of fused-ring (bicyclic) bond motifs is 1. The molecule has 1 saturated heterocycles. The van der Waals surface area contributed by atoms with Gasteiger partial charge in [0.2, 0.25) is 5.91 Å². The molecule has 2 aliphatic heterocycles. The van der Waals surface area contributed by atoms with E-state index < -0.39 is 6.04 Å². The van der Waals surface area contributed by atoms with E-state index in [9.17, 15) is 9.59 Å². The molecule has 1 saturated carbocycles. The maximum absolute atomic E-state index is 13.9. The Balaban J connectivity index is 1.38. The molecule has 0 N–H and O–H groups in total. The molecule has 36 heavy (non-hydrogen) atoms. The van der Waals surface area contributed by atoms with Crippen molar-refractivity contribution < 1.29 is 23.8 Å². The quantitative estimate of drug-likeness (QED) is 0.498. The van der Waals surface area contributed by atoms with E-state index in [2.05, 4.69) is 6.92 Å². The van der Waals surface area contributed by atoms with Crippen LogP contribution in [0.2, 0.25) is 0 Å². The zero-order valence-electron chi connectivity index (χ0n) is 21.1. The van der Waals surface area contributed by atoms with Crippen LogP contribution >= 0.6 is 0 Å². The van der Waals surface area contributed by atoms with Gasteiger partial charge in [0.25, 0.3) is 5.91 Å². The molecule has 192 valence electrons. The molecule has 1 aliphatic carbocycles. The van der Waals surface area contributed by atoms with E-state index in [0.29, 0.717) is 24.7 Å². The highest BCUT2D eigenvalue weighted by Gasteiger charge is 2.44. The third kappa shape index (κ3) is 5.30. The number of para-hydroxylation sites is 2. The largest absolute Gasteiger partial charge is 0.494 e. The molecule has 7 nitrogen and oxygen atoms in total. The van der Waals surface area contributed by atoms with Gasteiger partial charge in [-0.15, -0.1) is 0 Å². The summed E-state index contributed by atoms with van der Waals surface area (Å²) in [6.45, 7) is 3.54. The van der Waals surface area contributed by atoms with E-state index >= 15 is 0 Å². The lowest BCUT2D eigenvalue weighted by Gasteiger charge is -2.45. The Morgan fingerprint density at radius 2 is 1.72 bits per heavy atom. The average Bonchev–Trinajstić information content (AvgIpc) is 2.92. The standard InChI is InChI=1S/C29H36N2O5/c1-2-3-17-34-23-15-13-21(14-16-23)28-29(33)30(22-9-5-4-6-10-22)19-27(32)31(28)18-24-20-35-25-11-7-8-12-26(25)36-24/h7-8,11-16,22,24,28H,2-6,9-10,17-20H2,1H3/t24-,28-/m1/s1. The van der Waals surface area contributed by atoms with Crippen LogP contribution in [-0.4, -0.2) is 60.1 Å². The minimum Gasteiger partial charge on any atom is -0.494 e. The molecule has 0 aromatic heterocycles. The predicted octanol–water partition coefficient (Wildman–Crippen LogP) is 4.75. The summed E-state index contributed by atoms with van der Waals surface area (Å²) >= 11 is 0. The number of carbonyl (C=O) groups is 2. The normalized spacial score (nSPS) is 22.6. The van der Waals surface area contributed by atoms with Crippen molar-refractivity contribution >= 4 is 11.8 Å². The van der Waals surface area contributed by atoms with Gasteiger partial charge in [-0.2, -0.15) is 0 Å². The topological polar surface area (TPSA) is 68.3 Å². The second-order valence-corrected chi connectivity index (χ2v) is 9.98. The first-order valence-electron chi connectivity index (χ1n) is 13.3. The third-order valence-electron chi connectivity index (χ3n) is 7.40. The molecule has 2 heterocycles. The van der Waals surface area contributed by atoms with Crippen LogP contribution in [0.4, 0.5) is 0 Å². The second kappa shape index (κ2) is 11.2. The molecule has 3 aliphatic rings. The minimum absolute atomic E-state index is 0.00159. The van der Waals surface area contributed by atoms with E-state index in [0.717, 1.165) is 49.8 Å². The number of piperazine rings is 1. The molecule has 0 bridgehead atoms. The van der Waals surface area contributed by atoms with Gasteiger partial charge in [-0.1, -0.05) is 56.9 Å². The summed E-state index contributed by atoms with van der Waals surface area (Å²) in [5, 5.41) is 0. The SMILES string of the molecule is CCCCOc1ccc([C@@H]2C(=O)N(C3CCCCC3)CC(=O)N2C[C@@H]2COc3ccccc3O2)cc1. The summed E-state index contributed by atoms with van der Waals surface area (Å²) in [5.41, 5.74) is 0.800. The van der Waals surface area contributed by atoms with Gasteiger partial charge in [0.05, 0.1) is 13.2 Å². The summed E-state index contributed by atoms with van der Waals surface area (Å²) in [5.74, 6) is 2.10. The van der Waals surface area contributed by atoms with Crippen LogP contribution in [0.5, 0.6) is 17.2 Å². The van der Waals surface area contributed by atoms with Gasteiger partial charge in [-0.3, -0.25) is 9.59 Å². The van der Waals surface area contributed by atoms with Crippen molar-refractivity contribution in [1.82, 2.24) is 9.80 Å². The number of hydrogen-bond donors (Lipinski definition) is 0. The number of benzene rings is 2. The van der Waals surface area contributed by atoms with Crippen LogP contribution in [0, 0.1) is 0 Å². The molecular weight excluding hydrogens is 456 g/mol. The van der Waals surface area contributed by atoms with Crippen molar-refractivity contribution in [2.75, 3.05) is 26.3 Å². The lowest BCUT2D eigenvalue weighted by atomic mass is 9.91. The third-order valence-corrected chi connectivity index (χ3v) is 7.40. The Bertz CT molecular complexity index is 1050. The van der Waals surface area contributed by atoms with E-state index in [1.807, 2.05) is 53.4 Å². The van der Waals surface area contributed by atoms with Crippen LogP contribution in [-0.2, 0) is 9.59 Å². The molecule has 0 unspecified atom stereocenters. The van der Waals surface area contributed by atoms with Gasteiger partial charge >= 0.3 is 0 Å². The monoisotopic (exact) mass is 492 g/mol. The van der Waals surface area contributed by atoms with Crippen LogP contribution in [0.25, 0.3) is 0 Å². The molecule has 2 aromatic carbocycles. The van der Waals surface area contributed by atoms with Crippen molar-refractivity contribution in [3.05, 3.63) is 54.1 Å². The Labute approximate surface area is 213 Å². The number of rotatable bonds is 8. The Morgan fingerprint density at radius 1 is 0.972 bits per heavy atom. The van der Waals surface area contributed by atoms with Gasteiger partial charge < -0.3 is 24.0 Å². The molecule has 2 atom stereocenters. The average molecular weight is 493 g/mol. The van der Waals surface area contributed by atoms with Gasteiger partial charge in [0, 0.05) is 6.04 Å². The molecule has 0 spiro atoms. The summed E-state index contributed by atoms with van der Waals surface area (Å²) in [6.07, 6.45) is 7.05. The van der Waals surface area contributed by atoms with Gasteiger partial charge in [-0.05, 0) is 49.1 Å². The van der Waals surface area contributed by atoms with Gasteiger partial charge in [-0.25, -0.2) is 0 Å². The molecule has 2 fully saturated rings. The van der Waals surface area contributed by atoms with E-state index in [-0.39, 0.29) is 37.0 Å². The molecule has 7 heteroatoms. The number of hydrogen-bond acceptors (Lipinski definition) is 5. The Morgan fingerprint density at radius 3 is 2.47 bits per heavy atom. The maximum Gasteiger partial charge on any atom is 0.250 e. The van der Waals surface area contributed by atoms with Crippen LogP contribution in [0.15, 0.2) is 48.5 Å². The fourth-order valence-corrected chi connectivity index (χ4v) is 5.43. The highest BCUT2D eigenvalue weighted by molar-refractivity contribution is 5.95. The zero-order chi connectivity index (χ0) is 24.9. The lowest BCUT2D eigenvalue weighted by Crippen LogP contribution is -2.60. The Kier molecular flexibility index (Phi) is 7.63. The van der Waals surface area contributed by atoms with Crippen molar-refractivity contribution in [3.8, 4) is 17.2 Å². The fourth-order valence-electron chi connectivity index (χ4n) is 5.43. The first-order chi connectivity index (χ1) is 17.6. The summed E-state index contributed by atoms with van der Waals surface area (Å²) in [7, 11) is 0. The fraction of sp³-hybridized carbons (Fsp3) is 0.517. The van der Waals surface area contributed by atoms with Crippen LogP contribution in [0.1, 0.15) is 63.5 Å². The Hall–Kier alpha value is -3.22.